The van der Waals surface area contributed by atoms with Crippen molar-refractivity contribution in [1.82, 2.24) is 0 Å². The van der Waals surface area contributed by atoms with E-state index in [0.29, 0.717) is 22.3 Å². The Morgan fingerprint density at radius 1 is 1.06 bits per heavy atom. The van der Waals surface area contributed by atoms with Gasteiger partial charge in [0, 0.05) is 5.69 Å². The van der Waals surface area contributed by atoms with Crippen LogP contribution >= 0.6 is 68.4 Å². The first-order valence-corrected chi connectivity index (χ1v) is 12.2. The number of amides is 1. The van der Waals surface area contributed by atoms with Crippen molar-refractivity contribution >= 4 is 86.1 Å². The molecule has 0 aliphatic carbocycles. The third kappa shape index (κ3) is 6.61. The van der Waals surface area contributed by atoms with Crippen LogP contribution in [0.1, 0.15) is 16.7 Å². The van der Waals surface area contributed by atoms with Crippen LogP contribution in [0.15, 0.2) is 60.2 Å². The number of carbonyl (C=O) groups excluding carboxylic acids is 1. The van der Waals surface area contributed by atoms with Gasteiger partial charge < -0.3 is 10.1 Å². The van der Waals surface area contributed by atoms with Crippen molar-refractivity contribution in [1.29, 1.82) is 5.26 Å². The first kappa shape index (κ1) is 24.8. The van der Waals surface area contributed by atoms with Gasteiger partial charge in [-0.1, -0.05) is 47.0 Å². The molecule has 3 aromatic carbocycles. The zero-order valence-corrected chi connectivity index (χ0v) is 22.6. The molecule has 0 aliphatic heterocycles. The van der Waals surface area contributed by atoms with Crippen molar-refractivity contribution in [2.75, 3.05) is 5.32 Å². The van der Waals surface area contributed by atoms with E-state index in [2.05, 4.69) is 50.5 Å². The number of hydrogen-bond donors (Lipinski definition) is 1. The quantitative estimate of drug-likeness (QED) is 0.165. The molecule has 4 nitrogen and oxygen atoms in total. The Balaban J connectivity index is 1.76. The van der Waals surface area contributed by atoms with Gasteiger partial charge in [-0.25, -0.2) is 0 Å². The van der Waals surface area contributed by atoms with Crippen LogP contribution in [-0.4, -0.2) is 5.91 Å². The second-order valence-electron chi connectivity index (χ2n) is 6.84. The fraction of sp³-hybridized carbons (Fsp3) is 0.0833. The molecule has 8 heteroatoms. The van der Waals surface area contributed by atoms with Gasteiger partial charge >= 0.3 is 0 Å². The van der Waals surface area contributed by atoms with E-state index in [4.69, 9.17) is 27.9 Å². The zero-order valence-electron chi connectivity index (χ0n) is 16.8. The maximum atomic E-state index is 12.5. The first-order chi connectivity index (χ1) is 15.3. The molecule has 0 spiro atoms. The molecule has 0 fully saturated rings. The molecule has 0 saturated heterocycles. The Kier molecular flexibility index (Phi) is 8.82. The molecule has 162 valence electrons. The number of nitrogens with one attached hydrogen (secondary N) is 1. The Morgan fingerprint density at radius 3 is 2.31 bits per heavy atom. The molecule has 0 saturated carbocycles. The third-order valence-electron chi connectivity index (χ3n) is 4.37. The van der Waals surface area contributed by atoms with E-state index in [1.54, 1.807) is 30.3 Å². The molecular formula is C24H16Cl2I2N2O2. The predicted molar refractivity (Wildman–Crippen MR) is 146 cm³/mol. The molecule has 32 heavy (non-hydrogen) atoms. The summed E-state index contributed by atoms with van der Waals surface area (Å²) in [5.74, 6) is 0.262. The van der Waals surface area contributed by atoms with Crippen LogP contribution in [0.2, 0.25) is 10.0 Å². The number of hydrogen-bond acceptors (Lipinski definition) is 3. The average molecular weight is 689 g/mol. The van der Waals surface area contributed by atoms with Crippen LogP contribution < -0.4 is 10.1 Å². The van der Waals surface area contributed by atoms with Gasteiger partial charge in [-0.3, -0.25) is 4.79 Å². The topological polar surface area (TPSA) is 62.1 Å². The van der Waals surface area contributed by atoms with Gasteiger partial charge in [-0.15, -0.1) is 0 Å². The van der Waals surface area contributed by atoms with Gasteiger partial charge in [0.05, 0.1) is 17.2 Å². The Labute approximate surface area is 223 Å². The number of benzene rings is 3. The number of nitrogens with zero attached hydrogens (tertiary/aromatic N) is 1. The van der Waals surface area contributed by atoms with E-state index in [0.717, 1.165) is 29.6 Å². The molecule has 1 N–H and O–H groups in total. The minimum absolute atomic E-state index is 0.0154. The van der Waals surface area contributed by atoms with Crippen LogP contribution in [0.3, 0.4) is 0 Å². The van der Waals surface area contributed by atoms with E-state index in [1.165, 1.54) is 0 Å². The number of anilines is 1. The number of rotatable bonds is 6. The molecule has 0 heterocycles. The lowest BCUT2D eigenvalue weighted by molar-refractivity contribution is -0.112. The lowest BCUT2D eigenvalue weighted by Crippen LogP contribution is -2.13. The molecule has 0 atom stereocenters. The first-order valence-electron chi connectivity index (χ1n) is 9.32. The molecule has 0 unspecified atom stereocenters. The highest BCUT2D eigenvalue weighted by atomic mass is 127. The van der Waals surface area contributed by atoms with Gasteiger partial charge in [0.25, 0.3) is 5.91 Å². The minimum Gasteiger partial charge on any atom is -0.487 e. The van der Waals surface area contributed by atoms with E-state index in [-0.39, 0.29) is 5.57 Å². The van der Waals surface area contributed by atoms with Crippen LogP contribution in [0.25, 0.3) is 6.08 Å². The Morgan fingerprint density at radius 2 is 1.72 bits per heavy atom. The molecule has 0 bridgehead atoms. The Hall–Kier alpha value is -1.80. The number of halogens is 4. The van der Waals surface area contributed by atoms with Crippen molar-refractivity contribution in [2.45, 2.75) is 13.5 Å². The summed E-state index contributed by atoms with van der Waals surface area (Å²) in [6.07, 6.45) is 1.57. The summed E-state index contributed by atoms with van der Waals surface area (Å²) >= 11 is 16.4. The van der Waals surface area contributed by atoms with Crippen molar-refractivity contribution in [3.63, 3.8) is 0 Å². The summed E-state index contributed by atoms with van der Waals surface area (Å²) in [4.78, 5) is 12.5. The molecule has 0 aliphatic rings. The SMILES string of the molecule is Cc1ccc(NC(=O)/C(C#N)=C/c2cc(I)c(OCc3ccc(Cl)c(Cl)c3)c(I)c2)cc1. The molecule has 0 radical (unpaired) electrons. The van der Waals surface area contributed by atoms with Crippen LogP contribution in [0.5, 0.6) is 5.75 Å². The summed E-state index contributed by atoms with van der Waals surface area (Å²) < 4.78 is 7.71. The summed E-state index contributed by atoms with van der Waals surface area (Å²) in [6, 6.07) is 18.5. The monoisotopic (exact) mass is 688 g/mol. The van der Waals surface area contributed by atoms with Gasteiger partial charge in [0.2, 0.25) is 0 Å². The smallest absolute Gasteiger partial charge is 0.266 e. The highest BCUT2D eigenvalue weighted by Gasteiger charge is 2.13. The lowest BCUT2D eigenvalue weighted by atomic mass is 10.1. The lowest BCUT2D eigenvalue weighted by Gasteiger charge is -2.12. The maximum Gasteiger partial charge on any atom is 0.266 e. The second-order valence-corrected chi connectivity index (χ2v) is 9.98. The normalized spacial score (nSPS) is 11.1. The van der Waals surface area contributed by atoms with Gasteiger partial charge in [-0.2, -0.15) is 5.26 Å². The summed E-state index contributed by atoms with van der Waals surface area (Å²) in [6.45, 7) is 2.30. The van der Waals surface area contributed by atoms with Crippen molar-refractivity contribution in [3.8, 4) is 11.8 Å². The van der Waals surface area contributed by atoms with Crippen molar-refractivity contribution < 1.29 is 9.53 Å². The van der Waals surface area contributed by atoms with E-state index in [9.17, 15) is 10.1 Å². The van der Waals surface area contributed by atoms with Crippen molar-refractivity contribution in [3.05, 3.63) is 94.0 Å². The largest absolute Gasteiger partial charge is 0.487 e. The van der Waals surface area contributed by atoms with Gasteiger partial charge in [-0.05, 0) is 106 Å². The average Bonchev–Trinajstić information content (AvgIpc) is 2.75. The number of aryl methyl sites for hydroxylation is 1. The predicted octanol–water partition coefficient (Wildman–Crippen LogP) is 7.64. The summed E-state index contributed by atoms with van der Waals surface area (Å²) in [5, 5.41) is 13.2. The number of ether oxygens (including phenoxy) is 1. The fourth-order valence-electron chi connectivity index (χ4n) is 2.74. The zero-order chi connectivity index (χ0) is 23.3. The highest BCUT2D eigenvalue weighted by Crippen LogP contribution is 2.31. The van der Waals surface area contributed by atoms with E-state index in [1.807, 2.05) is 43.3 Å². The Bertz CT molecular complexity index is 1210. The molecule has 1 amide bonds. The minimum atomic E-state index is -0.457. The molecule has 3 aromatic rings. The molecule has 3 rings (SSSR count). The van der Waals surface area contributed by atoms with Crippen LogP contribution in [0, 0.1) is 25.4 Å². The fourth-order valence-corrected chi connectivity index (χ4v) is 5.18. The van der Waals surface area contributed by atoms with Crippen molar-refractivity contribution in [2.24, 2.45) is 0 Å². The molecule has 0 aromatic heterocycles. The maximum absolute atomic E-state index is 12.5. The highest BCUT2D eigenvalue weighted by molar-refractivity contribution is 14.1. The standard InChI is InChI=1S/C24H16Cl2I2N2O2/c1-14-2-5-18(6-3-14)30-24(31)17(12-29)8-16-10-21(27)23(22(28)11-16)32-13-15-4-7-19(25)20(26)9-15/h2-11H,13H2,1H3,(H,30,31)/b17-8+. The van der Waals surface area contributed by atoms with Gasteiger partial charge in [0.1, 0.15) is 24.0 Å². The second kappa shape index (κ2) is 11.4. The number of nitriles is 1. The van der Waals surface area contributed by atoms with Crippen LogP contribution in [0.4, 0.5) is 5.69 Å². The number of carbonyl (C=O) groups is 1. The molecular weight excluding hydrogens is 673 g/mol. The van der Waals surface area contributed by atoms with E-state index < -0.39 is 5.91 Å². The van der Waals surface area contributed by atoms with Gasteiger partial charge in [0.15, 0.2) is 0 Å². The third-order valence-corrected chi connectivity index (χ3v) is 6.71. The van der Waals surface area contributed by atoms with E-state index >= 15 is 0 Å². The summed E-state index contributed by atoms with van der Waals surface area (Å²) in [5.41, 5.74) is 3.37. The van der Waals surface area contributed by atoms with Crippen LogP contribution in [-0.2, 0) is 11.4 Å². The summed E-state index contributed by atoms with van der Waals surface area (Å²) in [7, 11) is 0.